The maximum absolute atomic E-state index is 6.15. The second-order valence-corrected chi connectivity index (χ2v) is 6.61. The number of rotatable bonds is 4. The highest BCUT2D eigenvalue weighted by Crippen LogP contribution is 2.42. The largest absolute Gasteiger partial charge is 0.356 e. The lowest BCUT2D eigenvalue weighted by molar-refractivity contribution is 0.849. The van der Waals surface area contributed by atoms with Gasteiger partial charge in [-0.15, -0.1) is 11.3 Å². The van der Waals surface area contributed by atoms with E-state index in [0.717, 1.165) is 29.1 Å². The lowest BCUT2D eigenvalue weighted by Gasteiger charge is -2.21. The molecule has 0 aliphatic rings. The normalized spacial score (nSPS) is 11.1. The third-order valence-electron chi connectivity index (χ3n) is 3.81. The van der Waals surface area contributed by atoms with Gasteiger partial charge in [-0.2, -0.15) is 4.98 Å². The Labute approximate surface area is 139 Å². The van der Waals surface area contributed by atoms with Crippen LogP contribution < -0.4 is 4.90 Å². The first-order chi connectivity index (χ1) is 10.7. The summed E-state index contributed by atoms with van der Waals surface area (Å²) in [5.74, 6) is 0.934. The molecule has 0 N–H and O–H groups in total. The van der Waals surface area contributed by atoms with Gasteiger partial charge in [0.15, 0.2) is 0 Å². The van der Waals surface area contributed by atoms with Crippen LogP contribution >= 0.6 is 22.9 Å². The number of fused-ring (bicyclic) bond motifs is 1. The Morgan fingerprint density at radius 2 is 1.77 bits per heavy atom. The quantitative estimate of drug-likeness (QED) is 0.618. The summed E-state index contributed by atoms with van der Waals surface area (Å²) in [4.78, 5) is 13.4. The SMILES string of the molecule is CCN(CC)c1nc(Cl)nc2sc(C)c(-c3ccccc3)c12. The van der Waals surface area contributed by atoms with Crippen LogP contribution in [0.3, 0.4) is 0 Å². The fourth-order valence-electron chi connectivity index (χ4n) is 2.77. The first-order valence-corrected chi connectivity index (χ1v) is 8.62. The Balaban J connectivity index is 2.36. The van der Waals surface area contributed by atoms with Crippen molar-refractivity contribution >= 4 is 39.0 Å². The maximum Gasteiger partial charge on any atom is 0.225 e. The first-order valence-electron chi connectivity index (χ1n) is 7.42. The van der Waals surface area contributed by atoms with Crippen molar-refractivity contribution < 1.29 is 0 Å². The van der Waals surface area contributed by atoms with E-state index in [9.17, 15) is 0 Å². The van der Waals surface area contributed by atoms with Crippen molar-refractivity contribution in [2.45, 2.75) is 20.8 Å². The van der Waals surface area contributed by atoms with Crippen LogP contribution in [-0.2, 0) is 0 Å². The molecule has 22 heavy (non-hydrogen) atoms. The van der Waals surface area contributed by atoms with Gasteiger partial charge in [0.1, 0.15) is 10.6 Å². The molecule has 0 amide bonds. The Kier molecular flexibility index (Phi) is 4.32. The fraction of sp³-hybridized carbons (Fsp3) is 0.294. The minimum absolute atomic E-state index is 0.315. The predicted octanol–water partition coefficient (Wildman–Crippen LogP) is 5.17. The van der Waals surface area contributed by atoms with E-state index in [0.29, 0.717) is 5.28 Å². The standard InChI is InChI=1S/C17H18ClN3S/c1-4-21(5-2)15-14-13(12-9-7-6-8-10-12)11(3)22-16(14)20-17(18)19-15/h6-10H,4-5H2,1-3H3. The Morgan fingerprint density at radius 3 is 2.41 bits per heavy atom. The van der Waals surface area contributed by atoms with E-state index in [1.54, 1.807) is 11.3 Å². The summed E-state index contributed by atoms with van der Waals surface area (Å²) in [5.41, 5.74) is 2.42. The molecule has 0 fully saturated rings. The van der Waals surface area contributed by atoms with Gasteiger partial charge in [-0.3, -0.25) is 0 Å². The number of halogens is 1. The smallest absolute Gasteiger partial charge is 0.225 e. The number of aromatic nitrogens is 2. The average Bonchev–Trinajstić information content (AvgIpc) is 2.85. The molecule has 0 aliphatic carbocycles. The van der Waals surface area contributed by atoms with Crippen molar-refractivity contribution in [2.24, 2.45) is 0 Å². The highest BCUT2D eigenvalue weighted by Gasteiger charge is 2.20. The van der Waals surface area contributed by atoms with Crippen molar-refractivity contribution in [2.75, 3.05) is 18.0 Å². The van der Waals surface area contributed by atoms with E-state index < -0.39 is 0 Å². The zero-order chi connectivity index (χ0) is 15.7. The number of aryl methyl sites for hydroxylation is 1. The molecule has 3 aromatic rings. The summed E-state index contributed by atoms with van der Waals surface area (Å²) in [6, 6.07) is 10.4. The molecule has 0 atom stereocenters. The van der Waals surface area contributed by atoms with E-state index in [1.165, 1.54) is 16.0 Å². The summed E-state index contributed by atoms with van der Waals surface area (Å²) < 4.78 is 0. The van der Waals surface area contributed by atoms with Crippen LogP contribution in [0.1, 0.15) is 18.7 Å². The Morgan fingerprint density at radius 1 is 1.09 bits per heavy atom. The Bertz CT molecular complexity index is 795. The van der Waals surface area contributed by atoms with Crippen molar-refractivity contribution in [1.82, 2.24) is 9.97 Å². The molecule has 5 heteroatoms. The average molecular weight is 332 g/mol. The van der Waals surface area contributed by atoms with E-state index in [4.69, 9.17) is 11.6 Å². The van der Waals surface area contributed by atoms with Gasteiger partial charge < -0.3 is 4.90 Å². The van der Waals surface area contributed by atoms with Crippen molar-refractivity contribution in [3.05, 3.63) is 40.5 Å². The molecule has 2 aromatic heterocycles. The fourth-order valence-corrected chi connectivity index (χ4v) is 4.03. The van der Waals surface area contributed by atoms with Crippen LogP contribution in [0.4, 0.5) is 5.82 Å². The third kappa shape index (κ3) is 2.57. The van der Waals surface area contributed by atoms with Crippen LogP contribution in [0.5, 0.6) is 0 Å². The summed E-state index contributed by atoms with van der Waals surface area (Å²) in [6.45, 7) is 8.18. The van der Waals surface area contributed by atoms with Gasteiger partial charge in [0.25, 0.3) is 0 Å². The second kappa shape index (κ2) is 6.23. The van der Waals surface area contributed by atoms with E-state index in [-0.39, 0.29) is 0 Å². The minimum atomic E-state index is 0.315. The second-order valence-electron chi connectivity index (χ2n) is 5.07. The van der Waals surface area contributed by atoms with Crippen molar-refractivity contribution in [1.29, 1.82) is 0 Å². The maximum atomic E-state index is 6.15. The first kappa shape index (κ1) is 15.3. The van der Waals surface area contributed by atoms with Crippen LogP contribution in [-0.4, -0.2) is 23.1 Å². The van der Waals surface area contributed by atoms with E-state index >= 15 is 0 Å². The molecule has 0 radical (unpaired) electrons. The van der Waals surface area contributed by atoms with Crippen LogP contribution in [0.2, 0.25) is 5.28 Å². The lowest BCUT2D eigenvalue weighted by atomic mass is 10.0. The monoisotopic (exact) mass is 331 g/mol. The molecule has 0 unspecified atom stereocenters. The summed E-state index contributed by atoms with van der Waals surface area (Å²) in [7, 11) is 0. The molecule has 0 aliphatic heterocycles. The zero-order valence-corrected chi connectivity index (χ0v) is 14.5. The molecule has 0 saturated heterocycles. The number of hydrogen-bond acceptors (Lipinski definition) is 4. The topological polar surface area (TPSA) is 29.0 Å². The highest BCUT2D eigenvalue weighted by molar-refractivity contribution is 7.19. The molecule has 0 bridgehead atoms. The van der Waals surface area contributed by atoms with Gasteiger partial charge in [-0.25, -0.2) is 4.98 Å². The number of nitrogens with zero attached hydrogens (tertiary/aromatic N) is 3. The van der Waals surface area contributed by atoms with Gasteiger partial charge in [-0.1, -0.05) is 30.3 Å². The zero-order valence-electron chi connectivity index (χ0n) is 12.9. The molecular weight excluding hydrogens is 314 g/mol. The minimum Gasteiger partial charge on any atom is -0.356 e. The molecular formula is C17H18ClN3S. The van der Waals surface area contributed by atoms with Crippen LogP contribution in [0.25, 0.3) is 21.3 Å². The van der Waals surface area contributed by atoms with Crippen LogP contribution in [0, 0.1) is 6.92 Å². The highest BCUT2D eigenvalue weighted by atomic mass is 35.5. The summed E-state index contributed by atoms with van der Waals surface area (Å²) in [5, 5.41) is 1.43. The molecule has 2 heterocycles. The van der Waals surface area contributed by atoms with Crippen molar-refractivity contribution in [3.8, 4) is 11.1 Å². The summed E-state index contributed by atoms with van der Waals surface area (Å²) in [6.07, 6.45) is 0. The predicted molar refractivity (Wildman–Crippen MR) is 96.2 cm³/mol. The van der Waals surface area contributed by atoms with E-state index in [1.807, 2.05) is 6.07 Å². The molecule has 3 nitrogen and oxygen atoms in total. The van der Waals surface area contributed by atoms with Gasteiger partial charge in [-0.05, 0) is 37.9 Å². The molecule has 114 valence electrons. The summed E-state index contributed by atoms with van der Waals surface area (Å²) >= 11 is 7.83. The molecule has 0 saturated carbocycles. The molecule has 0 spiro atoms. The van der Waals surface area contributed by atoms with Crippen LogP contribution in [0.15, 0.2) is 30.3 Å². The van der Waals surface area contributed by atoms with Gasteiger partial charge in [0.05, 0.1) is 5.39 Å². The Hall–Kier alpha value is -1.65. The molecule has 3 rings (SSSR count). The number of hydrogen-bond donors (Lipinski definition) is 0. The molecule has 1 aromatic carbocycles. The number of anilines is 1. The van der Waals surface area contributed by atoms with Gasteiger partial charge >= 0.3 is 0 Å². The number of benzene rings is 1. The lowest BCUT2D eigenvalue weighted by Crippen LogP contribution is -2.23. The van der Waals surface area contributed by atoms with Gasteiger partial charge in [0, 0.05) is 23.5 Å². The van der Waals surface area contributed by atoms with E-state index in [2.05, 4.69) is 59.9 Å². The number of thiophene rings is 1. The van der Waals surface area contributed by atoms with Crippen molar-refractivity contribution in [3.63, 3.8) is 0 Å². The van der Waals surface area contributed by atoms with Gasteiger partial charge in [0.2, 0.25) is 5.28 Å². The third-order valence-corrected chi connectivity index (χ3v) is 4.97.